The van der Waals surface area contributed by atoms with Crippen molar-refractivity contribution in [2.45, 2.75) is 19.8 Å². The van der Waals surface area contributed by atoms with Crippen molar-refractivity contribution in [1.82, 2.24) is 5.32 Å². The Balaban J connectivity index is 3.32. The Hall–Kier alpha value is -0.600. The molecule has 0 saturated heterocycles. The Labute approximate surface area is 79.9 Å². The Bertz CT molecular complexity index is 254. The van der Waals surface area contributed by atoms with E-state index >= 15 is 0 Å². The lowest BCUT2D eigenvalue weighted by atomic mass is 10.3. The third-order valence-electron chi connectivity index (χ3n) is 1.67. The van der Waals surface area contributed by atoms with Crippen molar-refractivity contribution in [3.05, 3.63) is 0 Å². The van der Waals surface area contributed by atoms with Gasteiger partial charge in [0.2, 0.25) is 0 Å². The molecule has 0 aromatic heterocycles. The fraction of sp³-hybridized carbons (Fsp3) is 0.875. The summed E-state index contributed by atoms with van der Waals surface area (Å²) in [7, 11) is -2.84. The molecular weight excluding hydrogens is 188 g/mol. The Morgan fingerprint density at radius 3 is 2.62 bits per heavy atom. The van der Waals surface area contributed by atoms with E-state index in [4.69, 9.17) is 5.26 Å². The second-order valence-electron chi connectivity index (χ2n) is 2.75. The number of unbranched alkanes of at least 4 members (excludes halogenated alkanes) is 1. The van der Waals surface area contributed by atoms with Crippen LogP contribution in [0.5, 0.6) is 0 Å². The number of hydrogen-bond donors (Lipinski definition) is 1. The summed E-state index contributed by atoms with van der Waals surface area (Å²) < 4.78 is 22.0. The molecule has 4 nitrogen and oxygen atoms in total. The first-order valence-electron chi connectivity index (χ1n) is 4.40. The maximum atomic E-state index is 11.0. The maximum Gasteiger partial charge on any atom is 0.151 e. The molecule has 0 saturated carbocycles. The zero-order chi connectivity index (χ0) is 10.2. The van der Waals surface area contributed by atoms with Crippen molar-refractivity contribution in [1.29, 1.82) is 5.26 Å². The fourth-order valence-electron chi connectivity index (χ4n) is 0.789. The van der Waals surface area contributed by atoms with Crippen LogP contribution >= 0.6 is 0 Å². The van der Waals surface area contributed by atoms with Crippen molar-refractivity contribution in [3.63, 3.8) is 0 Å². The molecule has 0 aromatic carbocycles. The van der Waals surface area contributed by atoms with Crippen molar-refractivity contribution in [2.24, 2.45) is 0 Å². The Morgan fingerprint density at radius 1 is 1.38 bits per heavy atom. The molecule has 0 atom stereocenters. The summed E-state index contributed by atoms with van der Waals surface area (Å²) in [5.74, 6) is 0.392. The molecule has 0 heterocycles. The monoisotopic (exact) mass is 204 g/mol. The summed E-state index contributed by atoms with van der Waals surface area (Å²) in [5, 5.41) is 11.2. The van der Waals surface area contributed by atoms with E-state index in [-0.39, 0.29) is 11.5 Å². The summed E-state index contributed by atoms with van der Waals surface area (Å²) in [4.78, 5) is 0. The summed E-state index contributed by atoms with van der Waals surface area (Å²) in [5.41, 5.74) is 0. The van der Waals surface area contributed by atoms with Crippen LogP contribution in [0.4, 0.5) is 0 Å². The van der Waals surface area contributed by atoms with Gasteiger partial charge in [0.15, 0.2) is 9.84 Å². The minimum Gasteiger partial charge on any atom is -0.316 e. The van der Waals surface area contributed by atoms with Gasteiger partial charge >= 0.3 is 0 Å². The van der Waals surface area contributed by atoms with Crippen molar-refractivity contribution >= 4 is 9.84 Å². The molecule has 0 radical (unpaired) electrons. The quantitative estimate of drug-likeness (QED) is 0.606. The third kappa shape index (κ3) is 7.75. The predicted octanol–water partition coefficient (Wildman–Crippen LogP) is 0.314. The molecule has 5 heteroatoms. The summed E-state index contributed by atoms with van der Waals surface area (Å²) in [6, 6.07) is 2.03. The molecule has 1 N–H and O–H groups in total. The summed E-state index contributed by atoms with van der Waals surface area (Å²) >= 11 is 0. The van der Waals surface area contributed by atoms with Crippen LogP contribution in [-0.2, 0) is 9.84 Å². The number of sulfone groups is 1. The fourth-order valence-corrected chi connectivity index (χ4v) is 1.53. The van der Waals surface area contributed by atoms with Gasteiger partial charge in [-0.2, -0.15) is 5.26 Å². The van der Waals surface area contributed by atoms with E-state index in [1.807, 2.05) is 6.07 Å². The molecule has 0 rings (SSSR count). The maximum absolute atomic E-state index is 11.0. The minimum atomic E-state index is -2.84. The molecule has 0 aliphatic carbocycles. The predicted molar refractivity (Wildman–Crippen MR) is 52.0 cm³/mol. The van der Waals surface area contributed by atoms with Crippen molar-refractivity contribution in [3.8, 4) is 6.07 Å². The lowest BCUT2D eigenvalue weighted by molar-refractivity contribution is 0.590. The molecule has 0 aliphatic heterocycles. The van der Waals surface area contributed by atoms with Crippen LogP contribution in [-0.4, -0.2) is 33.0 Å². The van der Waals surface area contributed by atoms with Crippen LogP contribution in [0, 0.1) is 11.3 Å². The molecule has 76 valence electrons. The highest BCUT2D eigenvalue weighted by molar-refractivity contribution is 7.91. The highest BCUT2D eigenvalue weighted by Crippen LogP contribution is 1.87. The molecule has 0 amide bonds. The summed E-state index contributed by atoms with van der Waals surface area (Å²) in [6.45, 7) is 2.85. The van der Waals surface area contributed by atoms with Gasteiger partial charge in [-0.05, 0) is 13.0 Å². The van der Waals surface area contributed by atoms with Crippen LogP contribution in [0.3, 0.4) is 0 Å². The smallest absolute Gasteiger partial charge is 0.151 e. The molecule has 13 heavy (non-hydrogen) atoms. The molecule has 0 fully saturated rings. The van der Waals surface area contributed by atoms with Crippen LogP contribution in [0.1, 0.15) is 19.8 Å². The molecule has 0 bridgehead atoms. The van der Waals surface area contributed by atoms with Gasteiger partial charge in [-0.1, -0.05) is 6.92 Å². The van der Waals surface area contributed by atoms with Crippen molar-refractivity contribution in [2.75, 3.05) is 24.6 Å². The molecular formula is C8H16N2O2S. The second kappa shape index (κ2) is 6.87. The van der Waals surface area contributed by atoms with Crippen LogP contribution in [0.2, 0.25) is 0 Å². The van der Waals surface area contributed by atoms with Gasteiger partial charge in [0.25, 0.3) is 0 Å². The number of nitrogens with zero attached hydrogens (tertiary/aromatic N) is 1. The SMILES string of the molecule is CCS(=O)(=O)CCNCCCC#N. The first-order chi connectivity index (χ1) is 6.12. The van der Waals surface area contributed by atoms with Gasteiger partial charge in [-0.3, -0.25) is 0 Å². The third-order valence-corrected chi connectivity index (χ3v) is 3.38. The van der Waals surface area contributed by atoms with Gasteiger partial charge in [0, 0.05) is 18.7 Å². The largest absolute Gasteiger partial charge is 0.316 e. The molecule has 0 unspecified atom stereocenters. The van der Waals surface area contributed by atoms with E-state index in [1.54, 1.807) is 6.92 Å². The van der Waals surface area contributed by atoms with E-state index in [0.717, 1.165) is 6.42 Å². The van der Waals surface area contributed by atoms with Gasteiger partial charge in [0.05, 0.1) is 11.8 Å². The van der Waals surface area contributed by atoms with Gasteiger partial charge < -0.3 is 5.32 Å². The average molecular weight is 204 g/mol. The molecule has 0 aromatic rings. The van der Waals surface area contributed by atoms with E-state index in [0.29, 0.717) is 19.5 Å². The Kier molecular flexibility index (Phi) is 6.55. The number of hydrogen-bond acceptors (Lipinski definition) is 4. The first kappa shape index (κ1) is 12.4. The lowest BCUT2D eigenvalue weighted by Crippen LogP contribution is -2.24. The number of rotatable bonds is 7. The van der Waals surface area contributed by atoms with Gasteiger partial charge in [-0.25, -0.2) is 8.42 Å². The zero-order valence-electron chi connectivity index (χ0n) is 7.91. The second-order valence-corrected chi connectivity index (χ2v) is 5.22. The van der Waals surface area contributed by atoms with Crippen LogP contribution in [0.15, 0.2) is 0 Å². The van der Waals surface area contributed by atoms with E-state index in [2.05, 4.69) is 5.32 Å². The van der Waals surface area contributed by atoms with E-state index in [9.17, 15) is 8.42 Å². The Morgan fingerprint density at radius 2 is 2.08 bits per heavy atom. The standard InChI is InChI=1S/C8H16N2O2S/c1-2-13(11,12)8-7-10-6-4-3-5-9/h10H,2-4,6-8H2,1H3. The topological polar surface area (TPSA) is 70.0 Å². The molecule has 0 aliphatic rings. The van der Waals surface area contributed by atoms with E-state index in [1.165, 1.54) is 0 Å². The normalized spacial score (nSPS) is 11.1. The van der Waals surface area contributed by atoms with Crippen molar-refractivity contribution < 1.29 is 8.42 Å². The molecule has 0 spiro atoms. The minimum absolute atomic E-state index is 0.191. The van der Waals surface area contributed by atoms with Crippen LogP contribution in [0.25, 0.3) is 0 Å². The first-order valence-corrected chi connectivity index (χ1v) is 6.22. The number of nitriles is 1. The average Bonchev–Trinajstić information content (AvgIpc) is 2.11. The summed E-state index contributed by atoms with van der Waals surface area (Å²) in [6.07, 6.45) is 1.30. The van der Waals surface area contributed by atoms with Crippen LogP contribution < -0.4 is 5.32 Å². The van der Waals surface area contributed by atoms with Gasteiger partial charge in [0.1, 0.15) is 0 Å². The zero-order valence-corrected chi connectivity index (χ0v) is 8.73. The van der Waals surface area contributed by atoms with E-state index < -0.39 is 9.84 Å². The number of nitrogens with one attached hydrogen (secondary N) is 1. The highest BCUT2D eigenvalue weighted by atomic mass is 32.2. The highest BCUT2D eigenvalue weighted by Gasteiger charge is 2.05. The lowest BCUT2D eigenvalue weighted by Gasteiger charge is -2.02. The van der Waals surface area contributed by atoms with Gasteiger partial charge in [-0.15, -0.1) is 0 Å².